The van der Waals surface area contributed by atoms with Crippen molar-refractivity contribution in [2.24, 2.45) is 4.99 Å². The lowest BCUT2D eigenvalue weighted by molar-refractivity contribution is -0.130. The molecule has 1 atom stereocenters. The molecule has 0 spiro atoms. The summed E-state index contributed by atoms with van der Waals surface area (Å²) in [6.45, 7) is 12.8. The van der Waals surface area contributed by atoms with Crippen molar-refractivity contribution in [3.05, 3.63) is 24.2 Å². The summed E-state index contributed by atoms with van der Waals surface area (Å²) in [7, 11) is 0. The zero-order valence-electron chi connectivity index (χ0n) is 18.6. The summed E-state index contributed by atoms with van der Waals surface area (Å²) in [5, 5.41) is 6.84. The van der Waals surface area contributed by atoms with Crippen molar-refractivity contribution in [1.82, 2.24) is 25.3 Å². The monoisotopic (exact) mass is 418 g/mol. The van der Waals surface area contributed by atoms with Gasteiger partial charge >= 0.3 is 0 Å². The van der Waals surface area contributed by atoms with Crippen molar-refractivity contribution >= 4 is 11.9 Å². The number of amides is 1. The summed E-state index contributed by atoms with van der Waals surface area (Å²) < 4.78 is 5.74. The van der Waals surface area contributed by atoms with Crippen LogP contribution in [0.25, 0.3) is 0 Å². The first-order valence-corrected chi connectivity index (χ1v) is 11.4. The van der Waals surface area contributed by atoms with Gasteiger partial charge in [-0.3, -0.25) is 19.6 Å². The van der Waals surface area contributed by atoms with Crippen molar-refractivity contribution in [2.75, 3.05) is 65.4 Å². The van der Waals surface area contributed by atoms with Gasteiger partial charge in [-0.2, -0.15) is 0 Å². The molecule has 0 saturated carbocycles. The molecule has 1 amide bonds. The molecule has 1 unspecified atom stereocenters. The van der Waals surface area contributed by atoms with Gasteiger partial charge in [0.2, 0.25) is 5.91 Å². The standard InChI is InChI=1S/C22H38N6O2/c1-3-23-22(24-9-12-26-13-15-27(16-14-26)19(2)29)25-18-20(21-8-7-17-30-21)28-10-5-4-6-11-28/h7-8,17,20H,3-6,9-16,18H2,1-2H3,(H2,23,24,25). The quantitative estimate of drug-likeness (QED) is 0.493. The zero-order chi connectivity index (χ0) is 21.2. The summed E-state index contributed by atoms with van der Waals surface area (Å²) in [5.41, 5.74) is 0. The lowest BCUT2D eigenvalue weighted by Crippen LogP contribution is -2.50. The molecule has 2 aliphatic rings. The van der Waals surface area contributed by atoms with E-state index in [1.54, 1.807) is 13.2 Å². The van der Waals surface area contributed by atoms with E-state index in [-0.39, 0.29) is 11.9 Å². The van der Waals surface area contributed by atoms with Gasteiger partial charge in [-0.1, -0.05) is 6.42 Å². The minimum Gasteiger partial charge on any atom is -0.468 e. The molecule has 8 nitrogen and oxygen atoms in total. The average Bonchev–Trinajstić information content (AvgIpc) is 3.29. The number of furan rings is 1. The number of carbonyl (C=O) groups is 1. The normalized spacial score (nSPS) is 20.2. The Hall–Kier alpha value is -2.06. The summed E-state index contributed by atoms with van der Waals surface area (Å²) in [5.74, 6) is 2.03. The van der Waals surface area contributed by atoms with Crippen LogP contribution in [0.2, 0.25) is 0 Å². The first-order valence-electron chi connectivity index (χ1n) is 11.4. The summed E-state index contributed by atoms with van der Waals surface area (Å²) in [6.07, 6.45) is 5.56. The van der Waals surface area contributed by atoms with Crippen LogP contribution in [-0.4, -0.2) is 92.0 Å². The molecule has 1 aromatic heterocycles. The fraction of sp³-hybridized carbons (Fsp3) is 0.727. The molecule has 3 rings (SSSR count). The third-order valence-electron chi connectivity index (χ3n) is 6.01. The molecule has 1 aromatic rings. The summed E-state index contributed by atoms with van der Waals surface area (Å²) in [4.78, 5) is 23.2. The van der Waals surface area contributed by atoms with Crippen LogP contribution < -0.4 is 10.6 Å². The highest BCUT2D eigenvalue weighted by Crippen LogP contribution is 2.25. The third-order valence-corrected chi connectivity index (χ3v) is 6.01. The molecule has 3 heterocycles. The first kappa shape index (κ1) is 22.6. The molecule has 0 radical (unpaired) electrons. The third kappa shape index (κ3) is 6.74. The Morgan fingerprint density at radius 3 is 2.53 bits per heavy atom. The van der Waals surface area contributed by atoms with E-state index in [0.29, 0.717) is 6.54 Å². The molecule has 2 saturated heterocycles. The highest BCUT2D eigenvalue weighted by molar-refractivity contribution is 5.79. The average molecular weight is 419 g/mol. The van der Waals surface area contributed by atoms with E-state index >= 15 is 0 Å². The highest BCUT2D eigenvalue weighted by atomic mass is 16.3. The first-order chi connectivity index (χ1) is 14.7. The topological polar surface area (TPSA) is 76.4 Å². The molecule has 2 fully saturated rings. The van der Waals surface area contributed by atoms with E-state index in [9.17, 15) is 4.79 Å². The molecule has 30 heavy (non-hydrogen) atoms. The lowest BCUT2D eigenvalue weighted by Gasteiger charge is -2.34. The van der Waals surface area contributed by atoms with Crippen molar-refractivity contribution in [3.8, 4) is 0 Å². The number of aliphatic imine (C=N–C) groups is 1. The molecule has 2 N–H and O–H groups in total. The van der Waals surface area contributed by atoms with E-state index < -0.39 is 0 Å². The van der Waals surface area contributed by atoms with Crippen LogP contribution in [0.15, 0.2) is 27.8 Å². The Morgan fingerprint density at radius 2 is 1.90 bits per heavy atom. The molecule has 0 aliphatic carbocycles. The van der Waals surface area contributed by atoms with Crippen LogP contribution in [0.1, 0.15) is 44.9 Å². The molecule has 168 valence electrons. The smallest absolute Gasteiger partial charge is 0.219 e. The Labute approximate surface area is 180 Å². The number of nitrogens with one attached hydrogen (secondary N) is 2. The van der Waals surface area contributed by atoms with Crippen LogP contribution in [0, 0.1) is 0 Å². The molecule has 0 bridgehead atoms. The maximum atomic E-state index is 11.5. The maximum absolute atomic E-state index is 11.5. The van der Waals surface area contributed by atoms with Crippen LogP contribution >= 0.6 is 0 Å². The van der Waals surface area contributed by atoms with Crippen LogP contribution in [0.5, 0.6) is 0 Å². The minimum absolute atomic E-state index is 0.175. The van der Waals surface area contributed by atoms with Crippen LogP contribution in [-0.2, 0) is 4.79 Å². The number of piperidine rings is 1. The summed E-state index contributed by atoms with van der Waals surface area (Å²) in [6, 6.07) is 4.22. The van der Waals surface area contributed by atoms with Gasteiger partial charge in [-0.05, 0) is 45.0 Å². The second kappa shape index (κ2) is 12.0. The number of nitrogens with zero attached hydrogens (tertiary/aromatic N) is 4. The van der Waals surface area contributed by atoms with Gasteiger partial charge in [-0.25, -0.2) is 0 Å². The lowest BCUT2D eigenvalue weighted by atomic mass is 10.1. The van der Waals surface area contributed by atoms with Gasteiger partial charge in [-0.15, -0.1) is 0 Å². The van der Waals surface area contributed by atoms with Crippen molar-refractivity contribution in [1.29, 1.82) is 0 Å². The second-order valence-corrected chi connectivity index (χ2v) is 8.12. The second-order valence-electron chi connectivity index (χ2n) is 8.12. The zero-order valence-corrected chi connectivity index (χ0v) is 18.6. The van der Waals surface area contributed by atoms with Crippen molar-refractivity contribution < 1.29 is 9.21 Å². The number of hydrogen-bond donors (Lipinski definition) is 2. The van der Waals surface area contributed by atoms with E-state index in [1.807, 2.05) is 11.0 Å². The fourth-order valence-electron chi connectivity index (χ4n) is 4.23. The van der Waals surface area contributed by atoms with Gasteiger partial charge in [0.1, 0.15) is 5.76 Å². The molecular weight excluding hydrogens is 380 g/mol. The Kier molecular flexibility index (Phi) is 9.01. The number of likely N-dealkylation sites (tertiary alicyclic amines) is 1. The van der Waals surface area contributed by atoms with Crippen LogP contribution in [0.4, 0.5) is 0 Å². The fourth-order valence-corrected chi connectivity index (χ4v) is 4.23. The largest absolute Gasteiger partial charge is 0.468 e. The number of rotatable bonds is 8. The molecular formula is C22H38N6O2. The Morgan fingerprint density at radius 1 is 1.13 bits per heavy atom. The predicted octanol–water partition coefficient (Wildman–Crippen LogP) is 1.53. The van der Waals surface area contributed by atoms with E-state index in [4.69, 9.17) is 9.41 Å². The van der Waals surface area contributed by atoms with E-state index in [0.717, 1.165) is 70.6 Å². The van der Waals surface area contributed by atoms with Gasteiger partial charge in [0, 0.05) is 52.7 Å². The van der Waals surface area contributed by atoms with Gasteiger partial charge in [0.15, 0.2) is 5.96 Å². The van der Waals surface area contributed by atoms with E-state index in [1.165, 1.54) is 19.3 Å². The number of guanidine groups is 1. The number of piperazine rings is 1. The summed E-state index contributed by atoms with van der Waals surface area (Å²) >= 11 is 0. The molecule has 2 aliphatic heterocycles. The number of carbonyl (C=O) groups excluding carboxylic acids is 1. The van der Waals surface area contributed by atoms with Gasteiger partial charge in [0.25, 0.3) is 0 Å². The number of hydrogen-bond acceptors (Lipinski definition) is 5. The Balaban J connectivity index is 1.50. The van der Waals surface area contributed by atoms with E-state index in [2.05, 4.69) is 33.4 Å². The SMILES string of the molecule is CCNC(=NCC(c1ccco1)N1CCCCC1)NCCN1CCN(C(C)=O)CC1. The van der Waals surface area contributed by atoms with Crippen molar-refractivity contribution in [2.45, 2.75) is 39.2 Å². The molecule has 8 heteroatoms. The van der Waals surface area contributed by atoms with Gasteiger partial charge < -0.3 is 20.0 Å². The minimum atomic E-state index is 0.175. The maximum Gasteiger partial charge on any atom is 0.219 e. The highest BCUT2D eigenvalue weighted by Gasteiger charge is 2.24. The molecule has 0 aromatic carbocycles. The van der Waals surface area contributed by atoms with Crippen molar-refractivity contribution in [3.63, 3.8) is 0 Å². The van der Waals surface area contributed by atoms with Gasteiger partial charge in [0.05, 0.1) is 18.8 Å². The predicted molar refractivity (Wildman–Crippen MR) is 120 cm³/mol. The Bertz CT molecular complexity index is 649. The van der Waals surface area contributed by atoms with Crippen LogP contribution in [0.3, 0.4) is 0 Å².